The smallest absolute Gasteiger partial charge is 0.244 e. The number of para-hydroxylation sites is 1. The van der Waals surface area contributed by atoms with Crippen molar-refractivity contribution in [3.05, 3.63) is 18.2 Å². The number of nitrogens with two attached hydrogens (primary N) is 1. The van der Waals surface area contributed by atoms with Crippen molar-refractivity contribution in [3.8, 4) is 5.75 Å². The van der Waals surface area contributed by atoms with Crippen LogP contribution in [-0.4, -0.2) is 46.1 Å². The second-order valence-electron chi connectivity index (χ2n) is 4.56. The Morgan fingerprint density at radius 2 is 2.16 bits per heavy atom. The van der Waals surface area contributed by atoms with Crippen LogP contribution in [0.4, 0.5) is 5.69 Å². The number of benzene rings is 1. The van der Waals surface area contributed by atoms with Crippen molar-refractivity contribution in [3.63, 3.8) is 0 Å². The second kappa shape index (κ2) is 5.36. The van der Waals surface area contributed by atoms with E-state index in [4.69, 9.17) is 15.2 Å². The maximum atomic E-state index is 12.1. The molecule has 1 fully saturated rings. The van der Waals surface area contributed by atoms with Gasteiger partial charge in [0.25, 0.3) is 0 Å². The first-order valence-corrected chi connectivity index (χ1v) is 7.42. The van der Waals surface area contributed by atoms with Crippen LogP contribution in [0.15, 0.2) is 23.1 Å². The lowest BCUT2D eigenvalue weighted by Gasteiger charge is -2.18. The molecule has 19 heavy (non-hydrogen) atoms. The fraction of sp³-hybridized carbons (Fsp3) is 0.500. The van der Waals surface area contributed by atoms with Gasteiger partial charge >= 0.3 is 0 Å². The monoisotopic (exact) mass is 286 g/mol. The summed E-state index contributed by atoms with van der Waals surface area (Å²) in [5.74, 6) is 0.387. The average molecular weight is 286 g/mol. The molecule has 2 N–H and O–H groups in total. The zero-order valence-corrected chi connectivity index (χ0v) is 11.8. The summed E-state index contributed by atoms with van der Waals surface area (Å²) in [4.78, 5) is 0.0638. The predicted octanol–water partition coefficient (Wildman–Crippen LogP) is 0.687. The molecule has 7 heteroatoms. The number of rotatable bonds is 4. The van der Waals surface area contributed by atoms with E-state index in [0.717, 1.165) is 10.7 Å². The molecule has 0 saturated carbocycles. The maximum absolute atomic E-state index is 12.1. The lowest BCUT2D eigenvalue weighted by atomic mass is 10.2. The van der Waals surface area contributed by atoms with E-state index in [0.29, 0.717) is 19.0 Å². The fourth-order valence-corrected chi connectivity index (χ4v) is 2.86. The average Bonchev–Trinajstić information content (AvgIpc) is 2.84. The Balaban J connectivity index is 2.32. The third kappa shape index (κ3) is 2.83. The Kier molecular flexibility index (Phi) is 3.98. The topological polar surface area (TPSA) is 81.9 Å². The van der Waals surface area contributed by atoms with E-state index < -0.39 is 10.0 Å². The summed E-state index contributed by atoms with van der Waals surface area (Å²) >= 11 is 0. The molecule has 0 radical (unpaired) electrons. The molecular formula is C12H18N2O4S. The summed E-state index contributed by atoms with van der Waals surface area (Å²) < 4.78 is 36.2. The fourth-order valence-electron chi connectivity index (χ4n) is 1.83. The minimum atomic E-state index is -3.57. The van der Waals surface area contributed by atoms with Gasteiger partial charge in [0.15, 0.2) is 0 Å². The molecule has 1 aromatic carbocycles. The van der Waals surface area contributed by atoms with E-state index in [1.54, 1.807) is 12.1 Å². The molecule has 106 valence electrons. The Bertz CT molecular complexity index is 551. The molecule has 1 saturated heterocycles. The summed E-state index contributed by atoms with van der Waals surface area (Å²) in [7, 11) is -0.636. The van der Waals surface area contributed by atoms with Crippen LogP contribution >= 0.6 is 0 Å². The highest BCUT2D eigenvalue weighted by Crippen LogP contribution is 2.31. The molecule has 0 aromatic heterocycles. The van der Waals surface area contributed by atoms with Gasteiger partial charge in [-0.3, -0.25) is 0 Å². The Hall–Kier alpha value is -1.31. The molecular weight excluding hydrogens is 268 g/mol. The number of ether oxygens (including phenoxy) is 2. The van der Waals surface area contributed by atoms with Crippen LogP contribution in [0.25, 0.3) is 0 Å². The maximum Gasteiger partial charge on any atom is 0.244 e. The van der Waals surface area contributed by atoms with Crippen molar-refractivity contribution >= 4 is 15.7 Å². The summed E-state index contributed by atoms with van der Waals surface area (Å²) in [5.41, 5.74) is 6.06. The van der Waals surface area contributed by atoms with E-state index in [9.17, 15) is 8.42 Å². The van der Waals surface area contributed by atoms with Gasteiger partial charge in [0.2, 0.25) is 10.0 Å². The van der Waals surface area contributed by atoms with Gasteiger partial charge in [-0.15, -0.1) is 0 Å². The molecule has 1 aliphatic heterocycles. The Labute approximate surface area is 113 Å². The quantitative estimate of drug-likeness (QED) is 0.823. The van der Waals surface area contributed by atoms with Crippen LogP contribution in [0.3, 0.4) is 0 Å². The SMILES string of the molecule is CN(C)S(=O)(=O)c1cccc(OC2CCOC2)c1N. The van der Waals surface area contributed by atoms with Crippen LogP contribution in [0, 0.1) is 0 Å². The third-order valence-electron chi connectivity index (χ3n) is 2.97. The van der Waals surface area contributed by atoms with Gasteiger partial charge in [-0.1, -0.05) is 6.07 Å². The highest BCUT2D eigenvalue weighted by Gasteiger charge is 2.24. The lowest BCUT2D eigenvalue weighted by Crippen LogP contribution is -2.24. The minimum absolute atomic E-state index is 0.0638. The molecule has 0 aliphatic carbocycles. The van der Waals surface area contributed by atoms with Crippen molar-refractivity contribution in [2.24, 2.45) is 0 Å². The van der Waals surface area contributed by atoms with Gasteiger partial charge in [-0.2, -0.15) is 0 Å². The molecule has 1 heterocycles. The summed E-state index contributed by atoms with van der Waals surface area (Å²) in [6, 6.07) is 4.77. The third-order valence-corrected chi connectivity index (χ3v) is 4.84. The Morgan fingerprint density at radius 1 is 1.42 bits per heavy atom. The van der Waals surface area contributed by atoms with Crippen molar-refractivity contribution < 1.29 is 17.9 Å². The van der Waals surface area contributed by atoms with Gasteiger partial charge in [-0.05, 0) is 12.1 Å². The van der Waals surface area contributed by atoms with Gasteiger partial charge in [0, 0.05) is 20.5 Å². The highest BCUT2D eigenvalue weighted by molar-refractivity contribution is 7.89. The Morgan fingerprint density at radius 3 is 2.74 bits per heavy atom. The summed E-state index contributed by atoms with van der Waals surface area (Å²) in [6.07, 6.45) is 0.712. The highest BCUT2D eigenvalue weighted by atomic mass is 32.2. The zero-order valence-electron chi connectivity index (χ0n) is 11.0. The summed E-state index contributed by atoms with van der Waals surface area (Å²) in [6.45, 7) is 1.16. The van der Waals surface area contributed by atoms with Crippen molar-refractivity contribution in [1.82, 2.24) is 4.31 Å². The molecule has 0 spiro atoms. The molecule has 1 aromatic rings. The number of sulfonamides is 1. The molecule has 6 nitrogen and oxygen atoms in total. The van der Waals surface area contributed by atoms with Gasteiger partial charge in [0.05, 0.1) is 18.9 Å². The minimum Gasteiger partial charge on any atom is -0.486 e. The normalized spacial score (nSPS) is 19.8. The van der Waals surface area contributed by atoms with E-state index in [-0.39, 0.29) is 16.7 Å². The van der Waals surface area contributed by atoms with Gasteiger partial charge in [-0.25, -0.2) is 12.7 Å². The van der Waals surface area contributed by atoms with E-state index in [1.807, 2.05) is 0 Å². The molecule has 1 atom stereocenters. The number of nitrogen functional groups attached to an aromatic ring is 1. The van der Waals surface area contributed by atoms with E-state index in [2.05, 4.69) is 0 Å². The number of hydrogen-bond acceptors (Lipinski definition) is 5. The molecule has 0 bridgehead atoms. The van der Waals surface area contributed by atoms with Crippen molar-refractivity contribution in [2.45, 2.75) is 17.4 Å². The number of hydrogen-bond donors (Lipinski definition) is 1. The van der Waals surface area contributed by atoms with Gasteiger partial charge in [0.1, 0.15) is 16.7 Å². The molecule has 2 rings (SSSR count). The largest absolute Gasteiger partial charge is 0.486 e. The first kappa shape index (κ1) is 14.1. The first-order chi connectivity index (χ1) is 8.93. The summed E-state index contributed by atoms with van der Waals surface area (Å²) in [5, 5.41) is 0. The first-order valence-electron chi connectivity index (χ1n) is 5.98. The van der Waals surface area contributed by atoms with Crippen LogP contribution < -0.4 is 10.5 Å². The van der Waals surface area contributed by atoms with Crippen LogP contribution in [0.5, 0.6) is 5.75 Å². The van der Waals surface area contributed by atoms with Crippen molar-refractivity contribution in [2.75, 3.05) is 33.0 Å². The second-order valence-corrected chi connectivity index (χ2v) is 6.68. The zero-order chi connectivity index (χ0) is 14.0. The van der Waals surface area contributed by atoms with Crippen LogP contribution in [0.2, 0.25) is 0 Å². The van der Waals surface area contributed by atoms with Gasteiger partial charge < -0.3 is 15.2 Å². The molecule has 1 unspecified atom stereocenters. The molecule has 1 aliphatic rings. The molecule has 0 amide bonds. The number of nitrogens with zero attached hydrogens (tertiary/aromatic N) is 1. The lowest BCUT2D eigenvalue weighted by molar-refractivity contribution is 0.141. The standard InChI is InChI=1S/C12H18N2O4S/c1-14(2)19(15,16)11-5-3-4-10(12(11)13)18-9-6-7-17-8-9/h3-5,9H,6-8,13H2,1-2H3. The van der Waals surface area contributed by atoms with E-state index >= 15 is 0 Å². The number of anilines is 1. The van der Waals surface area contributed by atoms with Crippen LogP contribution in [0.1, 0.15) is 6.42 Å². The van der Waals surface area contributed by atoms with E-state index in [1.165, 1.54) is 20.2 Å². The van der Waals surface area contributed by atoms with Crippen LogP contribution in [-0.2, 0) is 14.8 Å². The predicted molar refractivity (Wildman–Crippen MR) is 71.6 cm³/mol. The van der Waals surface area contributed by atoms with Crippen molar-refractivity contribution in [1.29, 1.82) is 0 Å².